The van der Waals surface area contributed by atoms with Gasteiger partial charge in [-0.25, -0.2) is 4.79 Å². The number of piperidine rings is 1. The van der Waals surface area contributed by atoms with E-state index in [4.69, 9.17) is 9.47 Å². The third-order valence-electron chi connectivity index (χ3n) is 7.27. The first-order valence-electron chi connectivity index (χ1n) is 12.5. The molecular formula is C28H34N4O3. The molecule has 3 aromatic rings. The molecular weight excluding hydrogens is 440 g/mol. The molecule has 2 aliphatic rings. The van der Waals surface area contributed by atoms with Crippen molar-refractivity contribution in [2.24, 2.45) is 0 Å². The van der Waals surface area contributed by atoms with E-state index < -0.39 is 0 Å². The SMILES string of the molecule is CCc1ccc(C2CC(c3cc(-c4cccc(OC)c4)n[nH]3)CN(C(=O)N3CCOCC3)C2)cc1. The summed E-state index contributed by atoms with van der Waals surface area (Å²) in [6.45, 7) is 6.10. The van der Waals surface area contributed by atoms with Crippen LogP contribution in [0.4, 0.5) is 4.79 Å². The molecule has 2 aliphatic heterocycles. The normalized spacial score (nSPS) is 20.6. The first kappa shape index (κ1) is 23.4. The summed E-state index contributed by atoms with van der Waals surface area (Å²) >= 11 is 0. The van der Waals surface area contributed by atoms with E-state index in [2.05, 4.69) is 47.5 Å². The molecule has 1 aromatic heterocycles. The molecule has 0 bridgehead atoms. The number of benzene rings is 2. The summed E-state index contributed by atoms with van der Waals surface area (Å²) in [5.74, 6) is 1.26. The lowest BCUT2D eigenvalue weighted by Gasteiger charge is -2.41. The Balaban J connectivity index is 1.41. The van der Waals surface area contributed by atoms with E-state index in [0.29, 0.717) is 32.8 Å². The van der Waals surface area contributed by atoms with Crippen molar-refractivity contribution >= 4 is 6.03 Å². The lowest BCUT2D eigenvalue weighted by molar-refractivity contribution is 0.0398. The molecule has 2 fully saturated rings. The number of aryl methyl sites for hydroxylation is 1. The number of ether oxygens (including phenoxy) is 2. The molecule has 1 N–H and O–H groups in total. The van der Waals surface area contributed by atoms with Gasteiger partial charge in [-0.05, 0) is 42.2 Å². The second-order valence-corrected chi connectivity index (χ2v) is 9.45. The van der Waals surface area contributed by atoms with Crippen molar-refractivity contribution < 1.29 is 14.3 Å². The quantitative estimate of drug-likeness (QED) is 0.583. The second kappa shape index (κ2) is 10.5. The van der Waals surface area contributed by atoms with E-state index in [1.807, 2.05) is 34.1 Å². The van der Waals surface area contributed by atoms with Crippen LogP contribution in [0, 0.1) is 0 Å². The Hall–Kier alpha value is -3.32. The highest BCUT2D eigenvalue weighted by atomic mass is 16.5. The summed E-state index contributed by atoms with van der Waals surface area (Å²) in [6, 6.07) is 19.1. The Morgan fingerprint density at radius 2 is 1.83 bits per heavy atom. The van der Waals surface area contributed by atoms with Crippen molar-refractivity contribution in [2.75, 3.05) is 46.5 Å². The predicted molar refractivity (Wildman–Crippen MR) is 136 cm³/mol. The van der Waals surface area contributed by atoms with Crippen molar-refractivity contribution in [1.29, 1.82) is 0 Å². The minimum Gasteiger partial charge on any atom is -0.497 e. The van der Waals surface area contributed by atoms with E-state index in [1.165, 1.54) is 11.1 Å². The predicted octanol–water partition coefficient (Wildman–Crippen LogP) is 4.67. The fourth-order valence-electron chi connectivity index (χ4n) is 5.18. The number of carbonyl (C=O) groups is 1. The lowest BCUT2D eigenvalue weighted by Crippen LogP contribution is -2.52. The highest BCUT2D eigenvalue weighted by Gasteiger charge is 2.35. The number of morpholine rings is 1. The summed E-state index contributed by atoms with van der Waals surface area (Å²) in [7, 11) is 1.67. The number of urea groups is 1. The zero-order chi connectivity index (χ0) is 24.2. The summed E-state index contributed by atoms with van der Waals surface area (Å²) in [5, 5.41) is 7.88. The van der Waals surface area contributed by atoms with Gasteiger partial charge in [-0.2, -0.15) is 5.10 Å². The van der Waals surface area contributed by atoms with Crippen LogP contribution in [0.25, 0.3) is 11.3 Å². The third kappa shape index (κ3) is 5.20. The van der Waals surface area contributed by atoms with Crippen molar-refractivity contribution in [3.63, 3.8) is 0 Å². The number of rotatable bonds is 5. The van der Waals surface area contributed by atoms with Crippen LogP contribution in [0.15, 0.2) is 54.6 Å². The number of amides is 2. The van der Waals surface area contributed by atoms with E-state index in [1.54, 1.807) is 7.11 Å². The van der Waals surface area contributed by atoms with E-state index in [-0.39, 0.29) is 17.9 Å². The van der Waals surface area contributed by atoms with Gasteiger partial charge in [0.25, 0.3) is 0 Å². The summed E-state index contributed by atoms with van der Waals surface area (Å²) < 4.78 is 10.8. The van der Waals surface area contributed by atoms with Gasteiger partial charge in [-0.1, -0.05) is 43.3 Å². The Bertz CT molecular complexity index is 1140. The van der Waals surface area contributed by atoms with Gasteiger partial charge in [0.05, 0.1) is 26.0 Å². The highest BCUT2D eigenvalue weighted by molar-refractivity contribution is 5.75. The molecule has 7 nitrogen and oxygen atoms in total. The van der Waals surface area contributed by atoms with Gasteiger partial charge in [-0.3, -0.25) is 5.10 Å². The van der Waals surface area contributed by atoms with Crippen LogP contribution in [0.3, 0.4) is 0 Å². The van der Waals surface area contributed by atoms with Crippen LogP contribution in [0.5, 0.6) is 5.75 Å². The van der Waals surface area contributed by atoms with Gasteiger partial charge in [0.1, 0.15) is 5.75 Å². The maximum Gasteiger partial charge on any atom is 0.320 e. The minimum absolute atomic E-state index is 0.112. The van der Waals surface area contributed by atoms with Crippen LogP contribution in [0.2, 0.25) is 0 Å². The molecule has 2 unspecified atom stereocenters. The maximum absolute atomic E-state index is 13.5. The third-order valence-corrected chi connectivity index (χ3v) is 7.27. The lowest BCUT2D eigenvalue weighted by atomic mass is 9.82. The van der Waals surface area contributed by atoms with Crippen molar-refractivity contribution in [3.05, 3.63) is 71.4 Å². The molecule has 3 heterocycles. The highest BCUT2D eigenvalue weighted by Crippen LogP contribution is 2.37. The van der Waals surface area contributed by atoms with Crippen molar-refractivity contribution in [1.82, 2.24) is 20.0 Å². The van der Waals surface area contributed by atoms with Crippen molar-refractivity contribution in [2.45, 2.75) is 31.6 Å². The molecule has 7 heteroatoms. The molecule has 0 aliphatic carbocycles. The van der Waals surface area contributed by atoms with Gasteiger partial charge in [0, 0.05) is 49.3 Å². The number of likely N-dealkylation sites (tertiary alicyclic amines) is 1. The number of H-pyrrole nitrogens is 1. The standard InChI is InChI=1S/C28H34N4O3/c1-3-20-7-9-21(10-8-20)23-15-24(19-32(18-23)28(33)31-11-13-35-14-12-31)27-17-26(29-30-27)22-5-4-6-25(16-22)34-2/h4-10,16-17,23-24H,3,11-15,18-19H2,1-2H3,(H,29,30). The number of aromatic amines is 1. The van der Waals surface area contributed by atoms with Crippen LogP contribution < -0.4 is 4.74 Å². The van der Waals surface area contributed by atoms with Gasteiger partial charge >= 0.3 is 6.03 Å². The number of carbonyl (C=O) groups excluding carboxylic acids is 1. The first-order valence-corrected chi connectivity index (χ1v) is 12.5. The smallest absolute Gasteiger partial charge is 0.320 e. The van der Waals surface area contributed by atoms with E-state index in [9.17, 15) is 4.79 Å². The number of nitrogens with zero attached hydrogens (tertiary/aromatic N) is 3. The number of hydrogen-bond donors (Lipinski definition) is 1. The zero-order valence-corrected chi connectivity index (χ0v) is 20.6. The van der Waals surface area contributed by atoms with Crippen LogP contribution >= 0.6 is 0 Å². The zero-order valence-electron chi connectivity index (χ0n) is 20.6. The monoisotopic (exact) mass is 474 g/mol. The fourth-order valence-corrected chi connectivity index (χ4v) is 5.18. The van der Waals surface area contributed by atoms with Gasteiger partial charge in [-0.15, -0.1) is 0 Å². The Morgan fingerprint density at radius 1 is 1.06 bits per heavy atom. The van der Waals surface area contributed by atoms with E-state index in [0.717, 1.165) is 42.1 Å². The van der Waals surface area contributed by atoms with Crippen LogP contribution in [0.1, 0.15) is 42.0 Å². The molecule has 2 aromatic carbocycles. The van der Waals surface area contributed by atoms with Crippen LogP contribution in [-0.2, 0) is 11.2 Å². The number of methoxy groups -OCH3 is 1. The topological polar surface area (TPSA) is 70.7 Å². The summed E-state index contributed by atoms with van der Waals surface area (Å²) in [5.41, 5.74) is 5.59. The Kier molecular flexibility index (Phi) is 7.04. The van der Waals surface area contributed by atoms with Gasteiger partial charge in [0.15, 0.2) is 0 Å². The molecule has 5 rings (SSSR count). The molecule has 0 saturated carbocycles. The molecule has 0 radical (unpaired) electrons. The first-order chi connectivity index (χ1) is 17.1. The van der Waals surface area contributed by atoms with Crippen LogP contribution in [-0.4, -0.2) is 72.5 Å². The molecule has 2 amide bonds. The second-order valence-electron chi connectivity index (χ2n) is 9.45. The van der Waals surface area contributed by atoms with Gasteiger partial charge in [0.2, 0.25) is 0 Å². The van der Waals surface area contributed by atoms with E-state index >= 15 is 0 Å². The fraction of sp³-hybridized carbons (Fsp3) is 0.429. The maximum atomic E-state index is 13.5. The number of nitrogens with one attached hydrogen (secondary N) is 1. The summed E-state index contributed by atoms with van der Waals surface area (Å²) in [6.07, 6.45) is 1.99. The number of hydrogen-bond acceptors (Lipinski definition) is 4. The molecule has 2 atom stereocenters. The summed E-state index contributed by atoms with van der Waals surface area (Å²) in [4.78, 5) is 17.4. The molecule has 0 spiro atoms. The number of aromatic nitrogens is 2. The minimum atomic E-state index is 0.112. The van der Waals surface area contributed by atoms with Gasteiger partial charge < -0.3 is 19.3 Å². The average molecular weight is 475 g/mol. The Labute approximate surface area is 207 Å². The van der Waals surface area contributed by atoms with Crippen molar-refractivity contribution in [3.8, 4) is 17.0 Å². The Morgan fingerprint density at radius 3 is 2.57 bits per heavy atom. The molecule has 184 valence electrons. The molecule has 2 saturated heterocycles. The largest absolute Gasteiger partial charge is 0.497 e. The molecule has 35 heavy (non-hydrogen) atoms. The average Bonchev–Trinajstić information content (AvgIpc) is 3.43.